The lowest BCUT2D eigenvalue weighted by molar-refractivity contribution is -0.121. The predicted octanol–water partition coefficient (Wildman–Crippen LogP) is 0.727. The van der Waals surface area contributed by atoms with Gasteiger partial charge in [-0.05, 0) is 37.5 Å². The first-order valence-corrected chi connectivity index (χ1v) is 8.94. The summed E-state index contributed by atoms with van der Waals surface area (Å²) in [6.45, 7) is 1.44. The number of nitrogens with zero attached hydrogens (tertiary/aromatic N) is 4. The second-order valence-corrected chi connectivity index (χ2v) is 6.32. The SMILES string of the molecule is NCCC(=O)NCC1CCCCN1C(=O)c1cccc(-n2cccn2)n1. The molecule has 8 nitrogen and oxygen atoms in total. The average Bonchev–Trinajstić information content (AvgIpc) is 3.21. The van der Waals surface area contributed by atoms with E-state index in [1.807, 2.05) is 11.0 Å². The number of rotatable bonds is 6. The Kier molecular flexibility index (Phi) is 5.96. The normalized spacial score (nSPS) is 17.1. The van der Waals surface area contributed by atoms with Gasteiger partial charge in [-0.15, -0.1) is 0 Å². The van der Waals surface area contributed by atoms with Gasteiger partial charge in [0, 0.05) is 44.5 Å². The maximum atomic E-state index is 13.0. The molecule has 2 aromatic heterocycles. The fraction of sp³-hybridized carbons (Fsp3) is 0.444. The van der Waals surface area contributed by atoms with E-state index in [2.05, 4.69) is 15.4 Å². The molecule has 1 unspecified atom stereocenters. The Bertz CT molecular complexity index is 746. The van der Waals surface area contributed by atoms with Crippen molar-refractivity contribution in [2.45, 2.75) is 31.7 Å². The summed E-state index contributed by atoms with van der Waals surface area (Å²) in [5.74, 6) is 0.409. The predicted molar refractivity (Wildman–Crippen MR) is 96.7 cm³/mol. The molecule has 1 aliphatic rings. The van der Waals surface area contributed by atoms with Gasteiger partial charge in [0.2, 0.25) is 5.91 Å². The first kappa shape index (κ1) is 18.1. The smallest absolute Gasteiger partial charge is 0.272 e. The van der Waals surface area contributed by atoms with Crippen LogP contribution in [-0.2, 0) is 4.79 Å². The van der Waals surface area contributed by atoms with E-state index in [1.165, 1.54) is 0 Å². The van der Waals surface area contributed by atoms with Crippen LogP contribution in [0.5, 0.6) is 0 Å². The number of hydrogen-bond acceptors (Lipinski definition) is 5. The molecule has 3 N–H and O–H groups in total. The number of pyridine rings is 1. The summed E-state index contributed by atoms with van der Waals surface area (Å²) in [5.41, 5.74) is 5.79. The minimum atomic E-state index is -0.114. The lowest BCUT2D eigenvalue weighted by atomic mass is 10.0. The Morgan fingerprint density at radius 3 is 2.92 bits per heavy atom. The number of carbonyl (C=O) groups excluding carboxylic acids is 2. The third-order valence-electron chi connectivity index (χ3n) is 4.49. The summed E-state index contributed by atoms with van der Waals surface area (Å²) < 4.78 is 1.62. The highest BCUT2D eigenvalue weighted by molar-refractivity contribution is 5.92. The number of nitrogens with one attached hydrogen (secondary N) is 1. The molecule has 1 atom stereocenters. The first-order chi connectivity index (χ1) is 12.7. The zero-order chi connectivity index (χ0) is 18.4. The summed E-state index contributed by atoms with van der Waals surface area (Å²) >= 11 is 0. The number of nitrogens with two attached hydrogens (primary N) is 1. The maximum Gasteiger partial charge on any atom is 0.272 e. The molecule has 0 bridgehead atoms. The van der Waals surface area contributed by atoms with Crippen molar-refractivity contribution in [3.05, 3.63) is 42.4 Å². The lowest BCUT2D eigenvalue weighted by Gasteiger charge is -2.35. The van der Waals surface area contributed by atoms with Crippen molar-refractivity contribution in [3.8, 4) is 5.82 Å². The third-order valence-corrected chi connectivity index (χ3v) is 4.49. The maximum absolute atomic E-state index is 13.0. The first-order valence-electron chi connectivity index (χ1n) is 8.94. The molecule has 3 rings (SSSR count). The molecule has 0 spiro atoms. The topological polar surface area (TPSA) is 106 Å². The van der Waals surface area contributed by atoms with Crippen LogP contribution in [0.2, 0.25) is 0 Å². The largest absolute Gasteiger partial charge is 0.354 e. The standard InChI is InChI=1S/C18H24N6O2/c19-9-8-17(25)20-13-14-5-1-2-11-23(14)18(26)15-6-3-7-16(22-15)24-12-4-10-21-24/h3-4,6-7,10,12,14H,1-2,5,8-9,11,13,19H2,(H,20,25). The van der Waals surface area contributed by atoms with Gasteiger partial charge in [-0.25, -0.2) is 9.67 Å². The number of carbonyl (C=O) groups is 2. The van der Waals surface area contributed by atoms with Crippen molar-refractivity contribution >= 4 is 11.8 Å². The minimum absolute atomic E-state index is 0.0202. The molecule has 3 heterocycles. The summed E-state index contributed by atoms with van der Waals surface area (Å²) in [7, 11) is 0. The summed E-state index contributed by atoms with van der Waals surface area (Å²) in [6.07, 6.45) is 6.62. The highest BCUT2D eigenvalue weighted by Gasteiger charge is 2.28. The van der Waals surface area contributed by atoms with Crippen LogP contribution in [0.3, 0.4) is 0 Å². The second-order valence-electron chi connectivity index (χ2n) is 6.32. The summed E-state index contributed by atoms with van der Waals surface area (Å²) in [4.78, 5) is 31.0. The molecule has 0 saturated carbocycles. The van der Waals surface area contributed by atoms with E-state index in [0.717, 1.165) is 19.3 Å². The number of hydrogen-bond donors (Lipinski definition) is 2. The molecule has 1 fully saturated rings. The van der Waals surface area contributed by atoms with Crippen molar-refractivity contribution in [2.24, 2.45) is 5.73 Å². The van der Waals surface area contributed by atoms with Crippen LogP contribution in [0.15, 0.2) is 36.7 Å². The Morgan fingerprint density at radius 2 is 2.15 bits per heavy atom. The molecule has 2 amide bonds. The van der Waals surface area contributed by atoms with Crippen molar-refractivity contribution in [1.29, 1.82) is 0 Å². The van der Waals surface area contributed by atoms with Gasteiger partial charge in [-0.3, -0.25) is 9.59 Å². The Hall–Kier alpha value is -2.74. The monoisotopic (exact) mass is 356 g/mol. The molecule has 0 aromatic carbocycles. The van der Waals surface area contributed by atoms with Crippen LogP contribution >= 0.6 is 0 Å². The highest BCUT2D eigenvalue weighted by atomic mass is 16.2. The van der Waals surface area contributed by atoms with E-state index < -0.39 is 0 Å². The highest BCUT2D eigenvalue weighted by Crippen LogP contribution is 2.19. The number of likely N-dealkylation sites (tertiary alicyclic amines) is 1. The van der Waals surface area contributed by atoms with Crippen molar-refractivity contribution in [2.75, 3.05) is 19.6 Å². The summed E-state index contributed by atoms with van der Waals surface area (Å²) in [6, 6.07) is 7.12. The fourth-order valence-electron chi connectivity index (χ4n) is 3.15. The molecule has 8 heteroatoms. The molecular formula is C18H24N6O2. The Balaban J connectivity index is 1.72. The second kappa shape index (κ2) is 8.57. The van der Waals surface area contributed by atoms with Gasteiger partial charge in [-0.1, -0.05) is 6.07 Å². The van der Waals surface area contributed by atoms with Gasteiger partial charge in [0.05, 0.1) is 0 Å². The van der Waals surface area contributed by atoms with E-state index >= 15 is 0 Å². The van der Waals surface area contributed by atoms with Crippen LogP contribution in [0.25, 0.3) is 5.82 Å². The average molecular weight is 356 g/mol. The van der Waals surface area contributed by atoms with Crippen LogP contribution in [0, 0.1) is 0 Å². The molecule has 0 radical (unpaired) electrons. The van der Waals surface area contributed by atoms with E-state index in [1.54, 1.807) is 35.3 Å². The third kappa shape index (κ3) is 4.26. The van der Waals surface area contributed by atoms with E-state index in [-0.39, 0.29) is 17.9 Å². The Labute approximate surface area is 152 Å². The van der Waals surface area contributed by atoms with Crippen LogP contribution < -0.4 is 11.1 Å². The van der Waals surface area contributed by atoms with Gasteiger partial charge >= 0.3 is 0 Å². The molecule has 1 aliphatic heterocycles. The van der Waals surface area contributed by atoms with Crippen molar-refractivity contribution < 1.29 is 9.59 Å². The number of piperidine rings is 1. The zero-order valence-electron chi connectivity index (χ0n) is 14.7. The van der Waals surface area contributed by atoms with E-state index in [4.69, 9.17) is 5.73 Å². The van der Waals surface area contributed by atoms with Crippen LogP contribution in [-0.4, -0.2) is 57.2 Å². The molecule has 0 aliphatic carbocycles. The summed E-state index contributed by atoms with van der Waals surface area (Å²) in [5, 5.41) is 7.03. The van der Waals surface area contributed by atoms with Gasteiger partial charge < -0.3 is 16.0 Å². The van der Waals surface area contributed by atoms with Gasteiger partial charge in [0.15, 0.2) is 5.82 Å². The zero-order valence-corrected chi connectivity index (χ0v) is 14.7. The number of aromatic nitrogens is 3. The van der Waals surface area contributed by atoms with Crippen LogP contribution in [0.1, 0.15) is 36.2 Å². The van der Waals surface area contributed by atoms with Crippen LogP contribution in [0.4, 0.5) is 0 Å². The number of amides is 2. The lowest BCUT2D eigenvalue weighted by Crippen LogP contribution is -2.49. The minimum Gasteiger partial charge on any atom is -0.354 e. The van der Waals surface area contributed by atoms with E-state index in [0.29, 0.717) is 37.6 Å². The molecule has 2 aromatic rings. The van der Waals surface area contributed by atoms with Crippen molar-refractivity contribution in [1.82, 2.24) is 25.0 Å². The molecular weight excluding hydrogens is 332 g/mol. The van der Waals surface area contributed by atoms with E-state index in [9.17, 15) is 9.59 Å². The Morgan fingerprint density at radius 1 is 1.27 bits per heavy atom. The van der Waals surface area contributed by atoms with Gasteiger partial charge in [0.1, 0.15) is 5.69 Å². The van der Waals surface area contributed by atoms with Gasteiger partial charge in [-0.2, -0.15) is 5.10 Å². The molecule has 138 valence electrons. The molecule has 26 heavy (non-hydrogen) atoms. The quantitative estimate of drug-likeness (QED) is 0.793. The molecule has 1 saturated heterocycles. The van der Waals surface area contributed by atoms with Gasteiger partial charge in [0.25, 0.3) is 5.91 Å². The van der Waals surface area contributed by atoms with Crippen molar-refractivity contribution in [3.63, 3.8) is 0 Å². The fourth-order valence-corrected chi connectivity index (χ4v) is 3.15.